The Labute approximate surface area is 121 Å². The van der Waals surface area contributed by atoms with Crippen molar-refractivity contribution >= 4 is 16.5 Å². The van der Waals surface area contributed by atoms with E-state index in [1.54, 1.807) is 18.4 Å². The molecule has 0 saturated carbocycles. The number of hydrogen-bond acceptors (Lipinski definition) is 5. The van der Waals surface area contributed by atoms with Crippen LogP contribution in [0.1, 0.15) is 44.7 Å². The van der Waals surface area contributed by atoms with Gasteiger partial charge in [0.1, 0.15) is 0 Å². The van der Waals surface area contributed by atoms with E-state index in [4.69, 9.17) is 9.72 Å². The predicted octanol–water partition coefficient (Wildman–Crippen LogP) is 3.02. The molecule has 0 bridgehead atoms. The quantitative estimate of drug-likeness (QED) is 0.757. The van der Waals surface area contributed by atoms with Crippen LogP contribution in [0.5, 0.6) is 0 Å². The third kappa shape index (κ3) is 4.75. The van der Waals surface area contributed by atoms with E-state index in [-0.39, 0.29) is 0 Å². The van der Waals surface area contributed by atoms with Crippen molar-refractivity contribution < 1.29 is 4.74 Å². The van der Waals surface area contributed by atoms with E-state index in [0.717, 1.165) is 36.9 Å². The van der Waals surface area contributed by atoms with Crippen molar-refractivity contribution in [3.8, 4) is 0 Å². The summed E-state index contributed by atoms with van der Waals surface area (Å²) < 4.78 is 5.26. The third-order valence-corrected chi connectivity index (χ3v) is 4.46. The SMILES string of the molecule is CCC(C)NCc1sc(N(CC)CC)nc1COC. The predicted molar refractivity (Wildman–Crippen MR) is 83.0 cm³/mol. The van der Waals surface area contributed by atoms with Crippen LogP contribution in [0.25, 0.3) is 0 Å². The summed E-state index contributed by atoms with van der Waals surface area (Å²) in [4.78, 5) is 8.31. The van der Waals surface area contributed by atoms with Crippen LogP contribution in [0, 0.1) is 0 Å². The molecule has 1 atom stereocenters. The molecular weight excluding hydrogens is 258 g/mol. The lowest BCUT2D eigenvalue weighted by Gasteiger charge is -2.16. The van der Waals surface area contributed by atoms with E-state index in [9.17, 15) is 0 Å². The number of ether oxygens (including phenoxy) is 1. The summed E-state index contributed by atoms with van der Waals surface area (Å²) in [6, 6.07) is 0.536. The zero-order chi connectivity index (χ0) is 14.3. The monoisotopic (exact) mass is 285 g/mol. The van der Waals surface area contributed by atoms with E-state index >= 15 is 0 Å². The van der Waals surface area contributed by atoms with Crippen LogP contribution in [0.2, 0.25) is 0 Å². The molecule has 0 fully saturated rings. The fourth-order valence-corrected chi connectivity index (χ4v) is 2.94. The standard InChI is InChI=1S/C14H27N3OS/c1-6-11(4)15-9-13-12(10-18-5)16-14(19-13)17(7-2)8-3/h11,15H,6-10H2,1-5H3. The molecule has 0 aromatic carbocycles. The molecule has 0 aliphatic carbocycles. The Bertz CT molecular complexity index is 364. The lowest BCUT2D eigenvalue weighted by atomic mass is 10.2. The van der Waals surface area contributed by atoms with E-state index < -0.39 is 0 Å². The van der Waals surface area contributed by atoms with Gasteiger partial charge in [-0.05, 0) is 27.2 Å². The van der Waals surface area contributed by atoms with Gasteiger partial charge in [-0.15, -0.1) is 11.3 Å². The molecule has 5 heteroatoms. The fraction of sp³-hybridized carbons (Fsp3) is 0.786. The largest absolute Gasteiger partial charge is 0.378 e. The highest BCUT2D eigenvalue weighted by Gasteiger charge is 2.14. The molecule has 0 radical (unpaired) electrons. The molecule has 0 spiro atoms. The number of anilines is 1. The summed E-state index contributed by atoms with van der Waals surface area (Å²) in [7, 11) is 1.72. The lowest BCUT2D eigenvalue weighted by molar-refractivity contribution is 0.181. The molecular formula is C14H27N3OS. The number of thiazole rings is 1. The first-order valence-corrected chi connectivity index (χ1v) is 7.93. The van der Waals surface area contributed by atoms with E-state index in [1.807, 2.05) is 0 Å². The first-order valence-electron chi connectivity index (χ1n) is 7.11. The molecule has 1 rings (SSSR count). The molecule has 4 nitrogen and oxygen atoms in total. The van der Waals surface area contributed by atoms with Crippen molar-refractivity contribution in [1.82, 2.24) is 10.3 Å². The summed E-state index contributed by atoms with van der Waals surface area (Å²) in [5.74, 6) is 0. The van der Waals surface area contributed by atoms with Gasteiger partial charge in [0.15, 0.2) is 5.13 Å². The first kappa shape index (κ1) is 16.4. The molecule has 0 saturated heterocycles. The molecule has 0 aliphatic heterocycles. The number of aromatic nitrogens is 1. The van der Waals surface area contributed by atoms with Gasteiger partial charge in [-0.2, -0.15) is 0 Å². The molecule has 0 amide bonds. The van der Waals surface area contributed by atoms with Gasteiger partial charge in [0.2, 0.25) is 0 Å². The summed E-state index contributed by atoms with van der Waals surface area (Å²) in [5.41, 5.74) is 1.07. The Kier molecular flexibility index (Phi) is 7.34. The van der Waals surface area contributed by atoms with Crippen molar-refractivity contribution in [2.45, 2.75) is 53.3 Å². The second kappa shape index (κ2) is 8.51. The second-order valence-electron chi connectivity index (χ2n) is 4.66. The topological polar surface area (TPSA) is 37.4 Å². The Hall–Kier alpha value is -0.650. The highest BCUT2D eigenvalue weighted by Crippen LogP contribution is 2.27. The van der Waals surface area contributed by atoms with Gasteiger partial charge in [-0.1, -0.05) is 6.92 Å². The van der Waals surface area contributed by atoms with Gasteiger partial charge in [0.25, 0.3) is 0 Å². The Morgan fingerprint density at radius 3 is 2.53 bits per heavy atom. The average Bonchev–Trinajstić information content (AvgIpc) is 2.81. The number of nitrogens with one attached hydrogen (secondary N) is 1. The number of hydrogen-bond donors (Lipinski definition) is 1. The molecule has 0 aliphatic rings. The van der Waals surface area contributed by atoms with Crippen LogP contribution in [-0.2, 0) is 17.9 Å². The van der Waals surface area contributed by atoms with Gasteiger partial charge in [0.05, 0.1) is 12.3 Å². The maximum absolute atomic E-state index is 5.26. The maximum atomic E-state index is 5.26. The molecule has 1 N–H and O–H groups in total. The van der Waals surface area contributed by atoms with Crippen molar-refractivity contribution in [1.29, 1.82) is 0 Å². The van der Waals surface area contributed by atoms with Crippen LogP contribution >= 0.6 is 11.3 Å². The fourth-order valence-electron chi connectivity index (χ4n) is 1.80. The number of methoxy groups -OCH3 is 1. The molecule has 1 heterocycles. The highest BCUT2D eigenvalue weighted by molar-refractivity contribution is 7.15. The maximum Gasteiger partial charge on any atom is 0.185 e. The van der Waals surface area contributed by atoms with Crippen LogP contribution < -0.4 is 10.2 Å². The summed E-state index contributed by atoms with van der Waals surface area (Å²) in [6.07, 6.45) is 1.14. The zero-order valence-corrected chi connectivity index (χ0v) is 13.6. The minimum Gasteiger partial charge on any atom is -0.378 e. The van der Waals surface area contributed by atoms with Crippen molar-refractivity contribution in [2.75, 3.05) is 25.1 Å². The normalized spacial score (nSPS) is 12.7. The molecule has 19 heavy (non-hydrogen) atoms. The Morgan fingerprint density at radius 2 is 2.00 bits per heavy atom. The lowest BCUT2D eigenvalue weighted by Crippen LogP contribution is -2.24. The smallest absolute Gasteiger partial charge is 0.185 e. The van der Waals surface area contributed by atoms with Gasteiger partial charge in [0, 0.05) is 37.7 Å². The van der Waals surface area contributed by atoms with Gasteiger partial charge < -0.3 is 15.0 Å². The Morgan fingerprint density at radius 1 is 1.32 bits per heavy atom. The van der Waals surface area contributed by atoms with Crippen LogP contribution in [-0.4, -0.2) is 31.2 Å². The summed E-state index contributed by atoms with van der Waals surface area (Å²) in [6.45, 7) is 12.2. The van der Waals surface area contributed by atoms with E-state index in [0.29, 0.717) is 12.6 Å². The summed E-state index contributed by atoms with van der Waals surface area (Å²) >= 11 is 1.78. The molecule has 1 aromatic heterocycles. The van der Waals surface area contributed by atoms with Crippen molar-refractivity contribution in [3.63, 3.8) is 0 Å². The summed E-state index contributed by atoms with van der Waals surface area (Å²) in [5, 5.41) is 4.64. The second-order valence-corrected chi connectivity index (χ2v) is 5.72. The van der Waals surface area contributed by atoms with E-state index in [1.165, 1.54) is 4.88 Å². The number of rotatable bonds is 9. The molecule has 1 unspecified atom stereocenters. The van der Waals surface area contributed by atoms with E-state index in [2.05, 4.69) is 37.9 Å². The Balaban J connectivity index is 2.81. The van der Waals surface area contributed by atoms with Crippen LogP contribution in [0.4, 0.5) is 5.13 Å². The molecule has 110 valence electrons. The highest BCUT2D eigenvalue weighted by atomic mass is 32.1. The third-order valence-electron chi connectivity index (χ3n) is 3.31. The van der Waals surface area contributed by atoms with Gasteiger partial charge in [-0.3, -0.25) is 0 Å². The number of nitrogens with zero attached hydrogens (tertiary/aromatic N) is 2. The van der Waals surface area contributed by atoms with Gasteiger partial charge in [-0.25, -0.2) is 4.98 Å². The van der Waals surface area contributed by atoms with Crippen LogP contribution in [0.3, 0.4) is 0 Å². The van der Waals surface area contributed by atoms with Crippen molar-refractivity contribution in [2.24, 2.45) is 0 Å². The minimum atomic E-state index is 0.536. The molecule has 1 aromatic rings. The zero-order valence-electron chi connectivity index (χ0n) is 12.8. The van der Waals surface area contributed by atoms with Gasteiger partial charge >= 0.3 is 0 Å². The minimum absolute atomic E-state index is 0.536. The van der Waals surface area contributed by atoms with Crippen molar-refractivity contribution in [3.05, 3.63) is 10.6 Å². The van der Waals surface area contributed by atoms with Crippen LogP contribution in [0.15, 0.2) is 0 Å². The first-order chi connectivity index (χ1) is 9.15. The average molecular weight is 285 g/mol.